The molecule has 7 heteroatoms. The highest BCUT2D eigenvalue weighted by molar-refractivity contribution is 5.98. The third-order valence-corrected chi connectivity index (χ3v) is 4.02. The van der Waals surface area contributed by atoms with E-state index in [1.54, 1.807) is 18.2 Å². The van der Waals surface area contributed by atoms with Crippen molar-refractivity contribution >= 4 is 5.97 Å². The molecule has 0 bridgehead atoms. The van der Waals surface area contributed by atoms with Crippen molar-refractivity contribution in [1.29, 1.82) is 0 Å². The van der Waals surface area contributed by atoms with Gasteiger partial charge in [-0.05, 0) is 29.7 Å². The molecule has 0 heterocycles. The number of methoxy groups -OCH3 is 2. The fourth-order valence-electron chi connectivity index (χ4n) is 2.62. The number of esters is 1. The van der Waals surface area contributed by atoms with Gasteiger partial charge in [-0.3, -0.25) is 0 Å². The summed E-state index contributed by atoms with van der Waals surface area (Å²) in [6, 6.07) is 6.75. The molecule has 2 rings (SSSR count). The molecule has 0 atom stereocenters. The zero-order chi connectivity index (χ0) is 19.6. The number of carbonyl (C=O) groups is 1. The van der Waals surface area contributed by atoms with E-state index in [4.69, 9.17) is 4.74 Å². The van der Waals surface area contributed by atoms with Crippen LogP contribution in [0.5, 0.6) is 5.75 Å². The molecule has 2 aromatic rings. The fourth-order valence-corrected chi connectivity index (χ4v) is 2.62. The Morgan fingerprint density at radius 3 is 2.19 bits per heavy atom. The average Bonchev–Trinajstić information content (AvgIpc) is 2.58. The minimum Gasteiger partial charge on any atom is -0.496 e. The number of alkyl halides is 3. The monoisotopic (exact) mass is 370 g/mol. The lowest BCUT2D eigenvalue weighted by Crippen LogP contribution is -2.15. The summed E-state index contributed by atoms with van der Waals surface area (Å²) in [5, 5.41) is 0. The van der Waals surface area contributed by atoms with E-state index in [0.29, 0.717) is 17.4 Å². The molecule has 0 aliphatic carbocycles. The summed E-state index contributed by atoms with van der Waals surface area (Å²) < 4.78 is 63.4. The Bertz CT molecular complexity index is 826. The lowest BCUT2D eigenvalue weighted by Gasteiger charge is -2.17. The maximum absolute atomic E-state index is 14.6. The Kier molecular flexibility index (Phi) is 5.59. The maximum atomic E-state index is 14.6. The highest BCUT2D eigenvalue weighted by Crippen LogP contribution is 2.40. The summed E-state index contributed by atoms with van der Waals surface area (Å²) in [6.07, 6.45) is -4.94. The van der Waals surface area contributed by atoms with Gasteiger partial charge in [-0.25, -0.2) is 9.18 Å². The largest absolute Gasteiger partial charge is 0.496 e. The van der Waals surface area contributed by atoms with Crippen molar-refractivity contribution in [3.8, 4) is 16.9 Å². The molecule has 3 nitrogen and oxygen atoms in total. The van der Waals surface area contributed by atoms with Crippen LogP contribution < -0.4 is 4.74 Å². The number of ether oxygens (including phenoxy) is 2. The van der Waals surface area contributed by atoms with E-state index in [1.807, 2.05) is 13.8 Å². The second-order valence-electron chi connectivity index (χ2n) is 5.95. The molecule has 140 valence electrons. The van der Waals surface area contributed by atoms with Crippen LogP contribution in [0.3, 0.4) is 0 Å². The second kappa shape index (κ2) is 7.35. The van der Waals surface area contributed by atoms with Crippen LogP contribution in [-0.2, 0) is 10.9 Å². The quantitative estimate of drug-likeness (QED) is 0.532. The van der Waals surface area contributed by atoms with Crippen LogP contribution in [0.2, 0.25) is 0 Å². The van der Waals surface area contributed by atoms with E-state index in [0.717, 1.165) is 18.7 Å². The number of benzene rings is 2. The molecule has 0 aromatic heterocycles. The van der Waals surface area contributed by atoms with Crippen LogP contribution in [0.1, 0.15) is 41.3 Å². The van der Waals surface area contributed by atoms with Crippen LogP contribution in [-0.4, -0.2) is 20.2 Å². The number of hydrogen-bond donors (Lipinski definition) is 0. The lowest BCUT2D eigenvalue weighted by molar-refractivity contribution is -0.140. The normalized spacial score (nSPS) is 11.6. The third kappa shape index (κ3) is 3.66. The Labute approximate surface area is 148 Å². The van der Waals surface area contributed by atoms with Crippen LogP contribution in [0, 0.1) is 5.82 Å². The van der Waals surface area contributed by atoms with Gasteiger partial charge < -0.3 is 9.47 Å². The second-order valence-corrected chi connectivity index (χ2v) is 5.95. The molecule has 2 aromatic carbocycles. The van der Waals surface area contributed by atoms with E-state index in [2.05, 4.69) is 4.74 Å². The molecule has 0 saturated carbocycles. The molecule has 26 heavy (non-hydrogen) atoms. The molecule has 0 N–H and O–H groups in total. The van der Waals surface area contributed by atoms with Gasteiger partial charge in [0.25, 0.3) is 0 Å². The van der Waals surface area contributed by atoms with Crippen LogP contribution in [0.15, 0.2) is 30.3 Å². The Morgan fingerprint density at radius 1 is 1.04 bits per heavy atom. The van der Waals surface area contributed by atoms with Crippen LogP contribution in [0.25, 0.3) is 11.1 Å². The summed E-state index contributed by atoms with van der Waals surface area (Å²) in [4.78, 5) is 12.1. The third-order valence-electron chi connectivity index (χ3n) is 4.02. The minimum absolute atomic E-state index is 0.0262. The molecule has 0 saturated heterocycles. The van der Waals surface area contributed by atoms with Gasteiger partial charge in [-0.2, -0.15) is 13.2 Å². The lowest BCUT2D eigenvalue weighted by atomic mass is 9.92. The van der Waals surface area contributed by atoms with Gasteiger partial charge in [-0.1, -0.05) is 26.0 Å². The molecular formula is C19H18F4O3. The highest BCUT2D eigenvalue weighted by Gasteiger charge is 2.37. The smallest absolute Gasteiger partial charge is 0.419 e. The van der Waals surface area contributed by atoms with Gasteiger partial charge in [0.15, 0.2) is 5.82 Å². The topological polar surface area (TPSA) is 35.5 Å². The molecule has 0 spiro atoms. The van der Waals surface area contributed by atoms with Crippen molar-refractivity contribution in [1.82, 2.24) is 0 Å². The van der Waals surface area contributed by atoms with E-state index in [-0.39, 0.29) is 11.5 Å². The average molecular weight is 370 g/mol. The van der Waals surface area contributed by atoms with Crippen molar-refractivity contribution in [2.45, 2.75) is 25.9 Å². The summed E-state index contributed by atoms with van der Waals surface area (Å²) in [5.74, 6) is -2.45. The van der Waals surface area contributed by atoms with E-state index in [1.165, 1.54) is 7.11 Å². The Morgan fingerprint density at radius 2 is 1.69 bits per heavy atom. The molecule has 0 unspecified atom stereocenters. The minimum atomic E-state index is -4.94. The van der Waals surface area contributed by atoms with Gasteiger partial charge in [0.05, 0.1) is 19.8 Å². The van der Waals surface area contributed by atoms with Gasteiger partial charge in [0.2, 0.25) is 0 Å². The SMILES string of the molecule is COC(=O)c1c(-c2cc(C(C)C)ccc2OC)ccc(C(F)(F)F)c1F. The number of halogens is 4. The molecule has 0 amide bonds. The Hall–Kier alpha value is -2.57. The standard InChI is InChI=1S/C19H18F4O3/c1-10(2)11-5-8-15(25-3)13(9-11)12-6-7-14(19(21,22)23)17(20)16(12)18(24)26-4/h5-10H,1-4H3. The predicted molar refractivity (Wildman–Crippen MR) is 88.8 cm³/mol. The molecule has 0 aliphatic rings. The highest BCUT2D eigenvalue weighted by atomic mass is 19.4. The van der Waals surface area contributed by atoms with Gasteiger partial charge in [0, 0.05) is 11.1 Å². The van der Waals surface area contributed by atoms with Gasteiger partial charge in [0.1, 0.15) is 11.3 Å². The maximum Gasteiger partial charge on any atom is 0.419 e. The predicted octanol–water partition coefficient (Wildman–Crippen LogP) is 5.43. The van der Waals surface area contributed by atoms with Crippen LogP contribution in [0.4, 0.5) is 17.6 Å². The van der Waals surface area contributed by atoms with Gasteiger partial charge in [-0.15, -0.1) is 0 Å². The first-order chi connectivity index (χ1) is 12.1. The zero-order valence-corrected chi connectivity index (χ0v) is 14.7. The van der Waals surface area contributed by atoms with Crippen molar-refractivity contribution in [3.63, 3.8) is 0 Å². The van der Waals surface area contributed by atoms with E-state index in [9.17, 15) is 22.4 Å². The number of rotatable bonds is 4. The van der Waals surface area contributed by atoms with E-state index < -0.39 is 29.1 Å². The summed E-state index contributed by atoms with van der Waals surface area (Å²) in [7, 11) is 2.36. The molecule has 0 fully saturated rings. The number of hydrogen-bond acceptors (Lipinski definition) is 3. The first-order valence-corrected chi connectivity index (χ1v) is 7.78. The molecule has 0 aliphatic heterocycles. The molecular weight excluding hydrogens is 352 g/mol. The summed E-state index contributed by atoms with van der Waals surface area (Å²) in [5.41, 5.74) is -1.16. The fraction of sp³-hybridized carbons (Fsp3) is 0.316. The van der Waals surface area contributed by atoms with Crippen molar-refractivity contribution < 1.29 is 31.8 Å². The Balaban J connectivity index is 2.84. The first-order valence-electron chi connectivity index (χ1n) is 7.78. The first kappa shape index (κ1) is 19.8. The van der Waals surface area contributed by atoms with Crippen molar-refractivity contribution in [2.75, 3.05) is 14.2 Å². The number of carbonyl (C=O) groups excluding carboxylic acids is 1. The summed E-state index contributed by atoms with van der Waals surface area (Å²) >= 11 is 0. The summed E-state index contributed by atoms with van der Waals surface area (Å²) in [6.45, 7) is 3.86. The van der Waals surface area contributed by atoms with Gasteiger partial charge >= 0.3 is 12.1 Å². The van der Waals surface area contributed by atoms with Crippen molar-refractivity contribution in [2.24, 2.45) is 0 Å². The molecule has 0 radical (unpaired) electrons. The van der Waals surface area contributed by atoms with Crippen LogP contribution >= 0.6 is 0 Å². The zero-order valence-electron chi connectivity index (χ0n) is 14.7. The van der Waals surface area contributed by atoms with E-state index >= 15 is 0 Å². The van der Waals surface area contributed by atoms with Crippen molar-refractivity contribution in [3.05, 3.63) is 52.8 Å².